The SMILES string of the molecule is CC(C)c1ccccc1C1CN(Cc2cccc3c2N(C)C(=O)CO3)CCN1C1CC2(CCN(c3ccc(C(N)=O)cc3)CC2)C1. The lowest BCUT2D eigenvalue weighted by molar-refractivity contribution is -0.121. The number of fused-ring (bicyclic) bond motifs is 1. The van der Waals surface area contributed by atoms with Gasteiger partial charge in [0, 0.05) is 69.7 Å². The highest BCUT2D eigenvalue weighted by Gasteiger charge is 2.50. The number of carbonyl (C=O) groups is 2. The van der Waals surface area contributed by atoms with E-state index in [1.807, 2.05) is 37.4 Å². The predicted molar refractivity (Wildman–Crippen MR) is 182 cm³/mol. The van der Waals surface area contributed by atoms with E-state index in [1.165, 1.54) is 42.5 Å². The van der Waals surface area contributed by atoms with Crippen LogP contribution in [0.15, 0.2) is 66.7 Å². The van der Waals surface area contributed by atoms with Crippen molar-refractivity contribution < 1.29 is 14.3 Å². The molecule has 3 fully saturated rings. The van der Waals surface area contributed by atoms with Crippen molar-refractivity contribution in [3.05, 3.63) is 89.0 Å². The molecule has 2 N–H and O–H groups in total. The second kappa shape index (κ2) is 12.4. The molecule has 1 unspecified atom stereocenters. The van der Waals surface area contributed by atoms with Crippen molar-refractivity contribution in [1.82, 2.24) is 9.80 Å². The first-order valence-electron chi connectivity index (χ1n) is 16.9. The Balaban J connectivity index is 1.06. The van der Waals surface area contributed by atoms with Gasteiger partial charge in [0.15, 0.2) is 6.61 Å². The van der Waals surface area contributed by atoms with Crippen LogP contribution in [0.5, 0.6) is 5.75 Å². The number of likely N-dealkylation sites (N-methyl/N-ethyl adjacent to an activating group) is 1. The molecule has 0 bridgehead atoms. The highest BCUT2D eigenvalue weighted by atomic mass is 16.5. The Hall–Kier alpha value is -3.88. The smallest absolute Gasteiger partial charge is 0.264 e. The molecular formula is C38H47N5O3. The van der Waals surface area contributed by atoms with E-state index in [-0.39, 0.29) is 18.4 Å². The van der Waals surface area contributed by atoms with Crippen molar-refractivity contribution in [2.75, 3.05) is 56.2 Å². The first kappa shape index (κ1) is 30.8. The normalized spacial score (nSPS) is 22.1. The van der Waals surface area contributed by atoms with Crippen LogP contribution < -0.4 is 20.3 Å². The van der Waals surface area contributed by atoms with Gasteiger partial charge >= 0.3 is 0 Å². The summed E-state index contributed by atoms with van der Waals surface area (Å²) in [5, 5.41) is 0. The van der Waals surface area contributed by atoms with Gasteiger partial charge in [0.05, 0.1) is 5.69 Å². The summed E-state index contributed by atoms with van der Waals surface area (Å²) in [6.07, 6.45) is 4.94. The molecule has 3 aromatic carbocycles. The van der Waals surface area contributed by atoms with Gasteiger partial charge in [0.25, 0.3) is 5.91 Å². The lowest BCUT2D eigenvalue weighted by atomic mass is 9.59. The molecule has 2 saturated heterocycles. The van der Waals surface area contributed by atoms with Gasteiger partial charge in [-0.15, -0.1) is 0 Å². The number of hydrogen-bond donors (Lipinski definition) is 1. The number of benzene rings is 3. The number of rotatable bonds is 7. The van der Waals surface area contributed by atoms with Crippen molar-refractivity contribution in [2.45, 2.75) is 64.1 Å². The fourth-order valence-electron chi connectivity index (χ4n) is 8.50. The summed E-state index contributed by atoms with van der Waals surface area (Å²) in [6, 6.07) is 23.9. The number of ether oxygens (including phenoxy) is 1. The van der Waals surface area contributed by atoms with Crippen LogP contribution in [0.1, 0.15) is 78.5 Å². The van der Waals surface area contributed by atoms with Gasteiger partial charge in [-0.1, -0.05) is 50.2 Å². The predicted octanol–water partition coefficient (Wildman–Crippen LogP) is 5.57. The van der Waals surface area contributed by atoms with Gasteiger partial charge < -0.3 is 20.3 Å². The summed E-state index contributed by atoms with van der Waals surface area (Å²) < 4.78 is 5.80. The van der Waals surface area contributed by atoms with E-state index >= 15 is 0 Å². The Labute approximate surface area is 273 Å². The van der Waals surface area contributed by atoms with Crippen molar-refractivity contribution in [1.29, 1.82) is 0 Å². The highest BCUT2D eigenvalue weighted by molar-refractivity contribution is 5.98. The molecule has 0 radical (unpaired) electrons. The van der Waals surface area contributed by atoms with Crippen LogP contribution in [0, 0.1) is 5.41 Å². The van der Waals surface area contributed by atoms with Crippen molar-refractivity contribution in [3.63, 3.8) is 0 Å². The van der Waals surface area contributed by atoms with E-state index < -0.39 is 0 Å². The Morgan fingerprint density at radius 3 is 2.41 bits per heavy atom. The number of amides is 2. The second-order valence-electron chi connectivity index (χ2n) is 14.2. The quantitative estimate of drug-likeness (QED) is 0.372. The third-order valence-corrected chi connectivity index (χ3v) is 11.2. The summed E-state index contributed by atoms with van der Waals surface area (Å²) in [4.78, 5) is 33.7. The molecule has 4 aliphatic rings. The monoisotopic (exact) mass is 621 g/mol. The molecule has 2 amide bonds. The van der Waals surface area contributed by atoms with E-state index in [0.29, 0.717) is 29.0 Å². The molecule has 0 aromatic heterocycles. The average Bonchev–Trinajstić information content (AvgIpc) is 3.05. The average molecular weight is 622 g/mol. The maximum Gasteiger partial charge on any atom is 0.264 e. The molecule has 1 spiro atoms. The number of nitrogens with two attached hydrogens (primary N) is 1. The Kier molecular flexibility index (Phi) is 8.28. The third kappa shape index (κ3) is 5.77. The van der Waals surface area contributed by atoms with Gasteiger partial charge in [-0.2, -0.15) is 0 Å². The molecule has 8 heteroatoms. The van der Waals surface area contributed by atoms with E-state index in [2.05, 4.69) is 64.9 Å². The molecule has 46 heavy (non-hydrogen) atoms. The lowest BCUT2D eigenvalue weighted by Gasteiger charge is -2.58. The topological polar surface area (TPSA) is 82.3 Å². The first-order chi connectivity index (χ1) is 22.2. The molecular weight excluding hydrogens is 574 g/mol. The van der Waals surface area contributed by atoms with Crippen molar-refractivity contribution in [2.24, 2.45) is 11.1 Å². The Morgan fingerprint density at radius 2 is 1.70 bits per heavy atom. The molecule has 3 heterocycles. The van der Waals surface area contributed by atoms with Gasteiger partial charge in [-0.05, 0) is 84.0 Å². The number of anilines is 2. The van der Waals surface area contributed by atoms with Crippen molar-refractivity contribution in [3.8, 4) is 5.75 Å². The minimum Gasteiger partial charge on any atom is -0.482 e. The maximum atomic E-state index is 12.5. The van der Waals surface area contributed by atoms with E-state index in [9.17, 15) is 9.59 Å². The summed E-state index contributed by atoms with van der Waals surface area (Å²) in [5.74, 6) is 0.880. The third-order valence-electron chi connectivity index (χ3n) is 11.2. The van der Waals surface area contributed by atoms with E-state index in [4.69, 9.17) is 10.5 Å². The van der Waals surface area contributed by atoms with Crippen LogP contribution in [0.3, 0.4) is 0 Å². The summed E-state index contributed by atoms with van der Waals surface area (Å²) in [5.41, 5.74) is 12.6. The van der Waals surface area contributed by atoms with Crippen LogP contribution in [0.2, 0.25) is 0 Å². The number of primary amides is 1. The largest absolute Gasteiger partial charge is 0.482 e. The van der Waals surface area contributed by atoms with Crippen LogP contribution in [0.4, 0.5) is 11.4 Å². The lowest BCUT2D eigenvalue weighted by Crippen LogP contribution is -2.60. The Morgan fingerprint density at radius 1 is 0.957 bits per heavy atom. The number of piperazine rings is 1. The summed E-state index contributed by atoms with van der Waals surface area (Å²) in [7, 11) is 1.86. The van der Waals surface area contributed by atoms with E-state index in [0.717, 1.165) is 56.3 Å². The highest BCUT2D eigenvalue weighted by Crippen LogP contribution is 2.53. The molecule has 8 nitrogen and oxygen atoms in total. The fourth-order valence-corrected chi connectivity index (χ4v) is 8.50. The molecule has 3 aliphatic heterocycles. The molecule has 1 aliphatic carbocycles. The zero-order chi connectivity index (χ0) is 32.0. The zero-order valence-corrected chi connectivity index (χ0v) is 27.5. The summed E-state index contributed by atoms with van der Waals surface area (Å²) in [6.45, 7) is 10.6. The molecule has 1 atom stereocenters. The number of carbonyl (C=O) groups excluding carboxylic acids is 2. The maximum absolute atomic E-state index is 12.5. The number of hydrogen-bond acceptors (Lipinski definition) is 6. The van der Waals surface area contributed by atoms with Crippen LogP contribution in [-0.2, 0) is 11.3 Å². The standard InChI is InChI=1S/C38H47N5O3/c1-26(2)31-8-4-5-9-32(31)33-24-41(23-28-7-6-10-34-36(28)40(3)35(44)25-46-34)19-20-43(33)30-21-38(22-30)15-17-42(18-16-38)29-13-11-27(12-14-29)37(39)45/h4-14,26,30,33H,15-25H2,1-3H3,(H2,39,45). The minimum atomic E-state index is -0.377. The molecule has 3 aromatic rings. The number of para-hydroxylation sites is 1. The second-order valence-corrected chi connectivity index (χ2v) is 14.2. The molecule has 7 rings (SSSR count). The van der Waals surface area contributed by atoms with Gasteiger partial charge in [0.1, 0.15) is 5.75 Å². The first-order valence-corrected chi connectivity index (χ1v) is 16.9. The number of piperidine rings is 1. The van der Waals surface area contributed by atoms with Crippen molar-refractivity contribution >= 4 is 23.2 Å². The molecule has 1 saturated carbocycles. The van der Waals surface area contributed by atoms with Crippen LogP contribution in [-0.4, -0.2) is 74.0 Å². The van der Waals surface area contributed by atoms with E-state index in [1.54, 1.807) is 4.90 Å². The summed E-state index contributed by atoms with van der Waals surface area (Å²) >= 11 is 0. The number of nitrogens with zero attached hydrogens (tertiary/aromatic N) is 4. The van der Waals surface area contributed by atoms with Crippen LogP contribution in [0.25, 0.3) is 0 Å². The van der Waals surface area contributed by atoms with Gasteiger partial charge in [-0.25, -0.2) is 0 Å². The van der Waals surface area contributed by atoms with Crippen LogP contribution >= 0.6 is 0 Å². The zero-order valence-electron chi connectivity index (χ0n) is 27.5. The molecule has 242 valence electrons. The fraction of sp³-hybridized carbons (Fsp3) is 0.474. The van der Waals surface area contributed by atoms with Gasteiger partial charge in [-0.3, -0.25) is 19.4 Å². The van der Waals surface area contributed by atoms with Gasteiger partial charge in [0.2, 0.25) is 5.91 Å². The Bertz CT molecular complexity index is 1590. The minimum absolute atomic E-state index is 0.000701.